The van der Waals surface area contributed by atoms with Crippen LogP contribution in [0.5, 0.6) is 17.2 Å². The van der Waals surface area contributed by atoms with Crippen molar-refractivity contribution in [2.24, 2.45) is 0 Å². The van der Waals surface area contributed by atoms with Gasteiger partial charge in [-0.1, -0.05) is 5.16 Å². The highest BCUT2D eigenvalue weighted by Gasteiger charge is 2.21. The molecule has 0 radical (unpaired) electrons. The number of carboxylic acid groups (broad SMARTS) is 1. The number of ether oxygens (including phenoxy) is 3. The van der Waals surface area contributed by atoms with Crippen molar-refractivity contribution in [2.75, 3.05) is 6.79 Å². The average molecular weight is 263 g/mol. The van der Waals surface area contributed by atoms with Gasteiger partial charge < -0.3 is 23.8 Å². The van der Waals surface area contributed by atoms with E-state index in [0.29, 0.717) is 17.3 Å². The van der Waals surface area contributed by atoms with Gasteiger partial charge in [0.1, 0.15) is 17.9 Å². The molecule has 1 aliphatic rings. The van der Waals surface area contributed by atoms with E-state index in [1.54, 1.807) is 6.07 Å². The Hall–Kier alpha value is -2.70. The fourth-order valence-corrected chi connectivity index (χ4v) is 1.68. The third kappa shape index (κ3) is 2.17. The first-order valence-corrected chi connectivity index (χ1v) is 5.43. The Kier molecular flexibility index (Phi) is 2.71. The second-order valence-electron chi connectivity index (χ2n) is 3.77. The van der Waals surface area contributed by atoms with Crippen molar-refractivity contribution in [3.63, 3.8) is 0 Å². The van der Waals surface area contributed by atoms with E-state index in [-0.39, 0.29) is 24.7 Å². The van der Waals surface area contributed by atoms with Crippen LogP contribution in [0.2, 0.25) is 0 Å². The largest absolute Gasteiger partial charge is 0.484 e. The predicted octanol–water partition coefficient (Wildman–Crippen LogP) is 1.68. The van der Waals surface area contributed by atoms with Crippen LogP contribution in [0.4, 0.5) is 0 Å². The van der Waals surface area contributed by atoms with Crippen LogP contribution in [0.1, 0.15) is 16.1 Å². The molecule has 0 saturated heterocycles. The Morgan fingerprint density at radius 2 is 2.16 bits per heavy atom. The lowest BCUT2D eigenvalue weighted by Crippen LogP contribution is -2.03. The molecular formula is C12H9NO6. The highest BCUT2D eigenvalue weighted by atomic mass is 16.7. The van der Waals surface area contributed by atoms with Crippen LogP contribution in [-0.4, -0.2) is 23.0 Å². The lowest BCUT2D eigenvalue weighted by Gasteiger charge is -2.08. The quantitative estimate of drug-likeness (QED) is 0.897. The summed E-state index contributed by atoms with van der Waals surface area (Å²) >= 11 is 0. The van der Waals surface area contributed by atoms with Crippen molar-refractivity contribution < 1.29 is 28.6 Å². The smallest absolute Gasteiger partial charge is 0.339 e. The van der Waals surface area contributed by atoms with Gasteiger partial charge in [0.15, 0.2) is 17.3 Å². The standard InChI is InChI=1S/C12H9NO6/c14-12(15)8-3-10-11(18-6-17-10)4-9(8)16-5-7-1-2-13-19-7/h1-4H,5-6H2,(H,14,15). The Morgan fingerprint density at radius 3 is 2.84 bits per heavy atom. The van der Waals surface area contributed by atoms with Gasteiger partial charge in [0.05, 0.1) is 6.20 Å². The summed E-state index contributed by atoms with van der Waals surface area (Å²) < 4.78 is 20.6. The Bertz CT molecular complexity index is 607. The molecule has 7 heteroatoms. The van der Waals surface area contributed by atoms with Crippen molar-refractivity contribution in [1.82, 2.24) is 5.16 Å². The van der Waals surface area contributed by atoms with Crippen molar-refractivity contribution >= 4 is 5.97 Å². The maximum absolute atomic E-state index is 11.2. The molecule has 0 saturated carbocycles. The van der Waals surface area contributed by atoms with Crippen LogP contribution in [0.15, 0.2) is 28.9 Å². The maximum atomic E-state index is 11.2. The van der Waals surface area contributed by atoms with Crippen LogP contribution >= 0.6 is 0 Å². The summed E-state index contributed by atoms with van der Waals surface area (Å²) in [5.74, 6) is 0.426. The molecule has 0 spiro atoms. The molecule has 98 valence electrons. The van der Waals surface area contributed by atoms with Crippen LogP contribution in [0, 0.1) is 0 Å². The number of nitrogens with zero attached hydrogens (tertiary/aromatic N) is 1. The first-order valence-electron chi connectivity index (χ1n) is 5.43. The fourth-order valence-electron chi connectivity index (χ4n) is 1.68. The van der Waals surface area contributed by atoms with Crippen molar-refractivity contribution in [2.45, 2.75) is 6.61 Å². The number of hydrogen-bond acceptors (Lipinski definition) is 6. The summed E-state index contributed by atoms with van der Waals surface area (Å²) in [6, 6.07) is 4.50. The first kappa shape index (κ1) is 11.4. The molecule has 19 heavy (non-hydrogen) atoms. The molecule has 1 aromatic carbocycles. The van der Waals surface area contributed by atoms with Crippen molar-refractivity contribution in [3.05, 3.63) is 35.7 Å². The highest BCUT2D eigenvalue weighted by molar-refractivity contribution is 5.92. The molecule has 0 fully saturated rings. The van der Waals surface area contributed by atoms with E-state index in [1.807, 2.05) is 0 Å². The second kappa shape index (κ2) is 4.52. The molecular weight excluding hydrogens is 254 g/mol. The number of carboxylic acids is 1. The summed E-state index contributed by atoms with van der Waals surface area (Å²) in [6.45, 7) is 0.153. The number of rotatable bonds is 4. The normalized spacial score (nSPS) is 12.4. The molecule has 2 aromatic rings. The van der Waals surface area contributed by atoms with Crippen molar-refractivity contribution in [1.29, 1.82) is 0 Å². The number of aromatic nitrogens is 1. The zero-order valence-electron chi connectivity index (χ0n) is 9.66. The van der Waals surface area contributed by atoms with E-state index < -0.39 is 5.97 Å². The summed E-state index contributed by atoms with van der Waals surface area (Å²) in [6.07, 6.45) is 1.48. The van der Waals surface area contributed by atoms with Gasteiger partial charge in [-0.2, -0.15) is 0 Å². The topological polar surface area (TPSA) is 91.0 Å². The summed E-state index contributed by atoms with van der Waals surface area (Å²) in [4.78, 5) is 11.2. The number of fused-ring (bicyclic) bond motifs is 1. The highest BCUT2D eigenvalue weighted by Crippen LogP contribution is 2.38. The SMILES string of the molecule is O=C(O)c1cc2c(cc1OCc1ccno1)OCO2. The molecule has 2 heterocycles. The van der Waals surface area contributed by atoms with Gasteiger partial charge in [0.25, 0.3) is 0 Å². The van der Waals surface area contributed by atoms with Crippen LogP contribution < -0.4 is 14.2 Å². The van der Waals surface area contributed by atoms with Crippen molar-refractivity contribution in [3.8, 4) is 17.2 Å². The predicted molar refractivity (Wildman–Crippen MR) is 60.4 cm³/mol. The van der Waals surface area contributed by atoms with Gasteiger partial charge in [0.2, 0.25) is 6.79 Å². The monoisotopic (exact) mass is 263 g/mol. The maximum Gasteiger partial charge on any atom is 0.339 e. The van der Waals surface area contributed by atoms with Crippen LogP contribution in [-0.2, 0) is 6.61 Å². The third-order valence-corrected chi connectivity index (χ3v) is 2.57. The summed E-state index contributed by atoms with van der Waals surface area (Å²) in [5.41, 5.74) is 0.00349. The van der Waals surface area contributed by atoms with Gasteiger partial charge in [-0.3, -0.25) is 0 Å². The van der Waals surface area contributed by atoms with Crippen LogP contribution in [0.3, 0.4) is 0 Å². The number of hydrogen-bond donors (Lipinski definition) is 1. The first-order chi connectivity index (χ1) is 9.24. The summed E-state index contributed by atoms with van der Waals surface area (Å²) in [7, 11) is 0. The molecule has 0 bridgehead atoms. The van der Waals surface area contributed by atoms with E-state index in [2.05, 4.69) is 5.16 Å². The molecule has 0 unspecified atom stereocenters. The zero-order chi connectivity index (χ0) is 13.2. The molecule has 7 nitrogen and oxygen atoms in total. The van der Waals surface area contributed by atoms with Crippen LogP contribution in [0.25, 0.3) is 0 Å². The molecule has 0 aliphatic carbocycles. The molecule has 3 rings (SSSR count). The molecule has 1 aromatic heterocycles. The van der Waals surface area contributed by atoms with E-state index in [9.17, 15) is 4.79 Å². The second-order valence-corrected chi connectivity index (χ2v) is 3.77. The molecule has 0 atom stereocenters. The number of benzene rings is 1. The number of carbonyl (C=O) groups is 1. The summed E-state index contributed by atoms with van der Waals surface area (Å²) in [5, 5.41) is 12.7. The minimum absolute atomic E-state index is 0.00349. The average Bonchev–Trinajstić information content (AvgIpc) is 3.05. The third-order valence-electron chi connectivity index (χ3n) is 2.57. The number of aromatic carboxylic acids is 1. The zero-order valence-corrected chi connectivity index (χ0v) is 9.66. The molecule has 0 amide bonds. The lowest BCUT2D eigenvalue weighted by molar-refractivity contribution is 0.0690. The fraction of sp³-hybridized carbons (Fsp3) is 0.167. The lowest BCUT2D eigenvalue weighted by atomic mass is 10.2. The van der Waals surface area contributed by atoms with E-state index in [1.165, 1.54) is 18.3 Å². The van der Waals surface area contributed by atoms with Gasteiger partial charge in [0, 0.05) is 18.2 Å². The van der Waals surface area contributed by atoms with E-state index >= 15 is 0 Å². The minimum Gasteiger partial charge on any atom is -0.484 e. The van der Waals surface area contributed by atoms with Gasteiger partial charge in [-0.25, -0.2) is 4.79 Å². The molecule has 1 aliphatic heterocycles. The minimum atomic E-state index is -1.11. The Labute approximate surface area is 107 Å². The van der Waals surface area contributed by atoms with Gasteiger partial charge in [-0.15, -0.1) is 0 Å². The van der Waals surface area contributed by atoms with E-state index in [0.717, 1.165) is 0 Å². The Balaban J connectivity index is 1.88. The van der Waals surface area contributed by atoms with Gasteiger partial charge >= 0.3 is 5.97 Å². The van der Waals surface area contributed by atoms with Gasteiger partial charge in [-0.05, 0) is 0 Å². The Morgan fingerprint density at radius 1 is 1.37 bits per heavy atom. The molecule has 1 N–H and O–H groups in total. The van der Waals surface area contributed by atoms with E-state index in [4.69, 9.17) is 23.8 Å².